The molecule has 0 aliphatic heterocycles. The molecule has 0 saturated heterocycles. The van der Waals surface area contributed by atoms with Crippen LogP contribution in [0.4, 0.5) is 0 Å². The minimum absolute atomic E-state index is 0.329. The number of nitrogens with one attached hydrogen (secondary N) is 2. The van der Waals surface area contributed by atoms with Crippen molar-refractivity contribution in [2.45, 2.75) is 57.3 Å². The Kier molecular flexibility index (Phi) is 3.35. The van der Waals surface area contributed by atoms with Gasteiger partial charge in [0.2, 0.25) is 0 Å². The van der Waals surface area contributed by atoms with Crippen molar-refractivity contribution in [2.75, 3.05) is 6.61 Å². The lowest BCUT2D eigenvalue weighted by atomic mass is 9.80. The van der Waals surface area contributed by atoms with Gasteiger partial charge in [0.05, 0.1) is 12.9 Å². The molecule has 4 rings (SSSR count). The lowest BCUT2D eigenvalue weighted by Gasteiger charge is -2.28. The molecule has 0 unspecified atom stereocenters. The van der Waals surface area contributed by atoms with Crippen LogP contribution in [0.3, 0.4) is 0 Å². The summed E-state index contributed by atoms with van der Waals surface area (Å²) in [6, 6.07) is 1.80. The van der Waals surface area contributed by atoms with Crippen LogP contribution in [0.1, 0.15) is 62.8 Å². The Morgan fingerprint density at radius 1 is 1.18 bits per heavy atom. The second-order valence-corrected chi connectivity index (χ2v) is 7.54. The summed E-state index contributed by atoms with van der Waals surface area (Å²) in [5, 5.41) is 15.4. The van der Waals surface area contributed by atoms with Gasteiger partial charge in [0.15, 0.2) is 0 Å². The van der Waals surface area contributed by atoms with Crippen LogP contribution in [-0.2, 0) is 0 Å². The van der Waals surface area contributed by atoms with Gasteiger partial charge in [-0.2, -0.15) is 0 Å². The molecule has 0 aromatic carbocycles. The zero-order valence-corrected chi connectivity index (χ0v) is 13.1. The van der Waals surface area contributed by atoms with Crippen molar-refractivity contribution in [2.24, 2.45) is 11.3 Å². The average Bonchev–Trinajstić information content (AvgIpc) is 3.43. The molecule has 0 atom stereocenters. The van der Waals surface area contributed by atoms with Crippen LogP contribution in [0.25, 0.3) is 0 Å². The van der Waals surface area contributed by atoms with Crippen molar-refractivity contribution < 1.29 is 4.74 Å². The van der Waals surface area contributed by atoms with Gasteiger partial charge >= 0.3 is 0 Å². The zero-order chi connectivity index (χ0) is 15.2. The number of aromatic nitrogens is 1. The van der Waals surface area contributed by atoms with Gasteiger partial charge in [-0.25, -0.2) is 0 Å². The largest absolute Gasteiger partial charge is 0.493 e. The molecule has 0 bridgehead atoms. The first kappa shape index (κ1) is 14.0. The first-order valence-electron chi connectivity index (χ1n) is 8.63. The molecule has 1 spiro atoms. The summed E-state index contributed by atoms with van der Waals surface area (Å²) >= 11 is 0. The van der Waals surface area contributed by atoms with E-state index >= 15 is 0 Å². The van der Waals surface area contributed by atoms with Crippen LogP contribution in [-0.4, -0.2) is 17.5 Å². The Morgan fingerprint density at radius 3 is 2.50 bits per heavy atom. The van der Waals surface area contributed by atoms with Gasteiger partial charge in [0.1, 0.15) is 11.2 Å². The Balaban J connectivity index is 1.44. The lowest BCUT2D eigenvalue weighted by molar-refractivity contribution is 0.173. The van der Waals surface area contributed by atoms with E-state index in [1.807, 2.05) is 6.20 Å². The molecule has 3 aliphatic rings. The number of ether oxygens (including phenoxy) is 1. The van der Waals surface area contributed by atoms with Crippen molar-refractivity contribution >= 4 is 6.34 Å². The third-order valence-corrected chi connectivity index (χ3v) is 5.86. The van der Waals surface area contributed by atoms with Crippen LogP contribution in [0.15, 0.2) is 12.3 Å². The van der Waals surface area contributed by atoms with Gasteiger partial charge in [-0.05, 0) is 68.6 Å². The maximum Gasteiger partial charge on any atom is 0.133 e. The van der Waals surface area contributed by atoms with Crippen LogP contribution in [0.5, 0.6) is 5.75 Å². The lowest BCUT2D eigenvalue weighted by Crippen LogP contribution is -2.23. The molecule has 1 aromatic heterocycles. The molecule has 0 radical (unpaired) electrons. The van der Waals surface area contributed by atoms with E-state index < -0.39 is 0 Å². The highest BCUT2D eigenvalue weighted by molar-refractivity contribution is 5.55. The minimum atomic E-state index is 0.329. The van der Waals surface area contributed by atoms with Gasteiger partial charge in [-0.1, -0.05) is 0 Å². The van der Waals surface area contributed by atoms with Gasteiger partial charge in [-0.15, -0.1) is 0 Å². The van der Waals surface area contributed by atoms with Crippen LogP contribution >= 0.6 is 0 Å². The first-order chi connectivity index (χ1) is 10.7. The Bertz CT molecular complexity index is 630. The molecule has 1 aromatic rings. The molecule has 4 heteroatoms. The number of pyridine rings is 1. The van der Waals surface area contributed by atoms with E-state index in [0.29, 0.717) is 17.3 Å². The smallest absolute Gasteiger partial charge is 0.133 e. The normalized spacial score (nSPS) is 23.5. The van der Waals surface area contributed by atoms with Crippen molar-refractivity contribution in [3.8, 4) is 5.75 Å². The highest BCUT2D eigenvalue weighted by atomic mass is 16.5. The van der Waals surface area contributed by atoms with E-state index in [-0.39, 0.29) is 0 Å². The van der Waals surface area contributed by atoms with Crippen molar-refractivity contribution in [3.63, 3.8) is 0 Å². The first-order valence-corrected chi connectivity index (χ1v) is 8.63. The topological polar surface area (TPSA) is 61.9 Å². The van der Waals surface area contributed by atoms with E-state index in [2.05, 4.69) is 0 Å². The predicted molar refractivity (Wildman–Crippen MR) is 85.6 cm³/mol. The molecule has 0 amide bonds. The SMILES string of the molecule is N=Cn1cc(C2CC2)c(OCC2CCC3(CC2)CC3)cc1=N. The molecule has 3 fully saturated rings. The fourth-order valence-corrected chi connectivity index (χ4v) is 3.84. The predicted octanol–water partition coefficient (Wildman–Crippen LogP) is 3.65. The number of hydrogen-bond acceptors (Lipinski definition) is 3. The Hall–Kier alpha value is -1.58. The van der Waals surface area contributed by atoms with E-state index in [0.717, 1.165) is 17.8 Å². The maximum atomic E-state index is 7.98. The number of rotatable bonds is 5. The molecule has 118 valence electrons. The van der Waals surface area contributed by atoms with Crippen LogP contribution < -0.4 is 10.2 Å². The fourth-order valence-electron chi connectivity index (χ4n) is 3.84. The maximum absolute atomic E-state index is 7.98. The van der Waals surface area contributed by atoms with E-state index in [9.17, 15) is 0 Å². The highest BCUT2D eigenvalue weighted by Gasteiger charge is 2.44. The summed E-state index contributed by atoms with van der Waals surface area (Å²) in [7, 11) is 0. The third-order valence-electron chi connectivity index (χ3n) is 5.86. The quantitative estimate of drug-likeness (QED) is 0.632. The number of hydrogen-bond donors (Lipinski definition) is 2. The summed E-state index contributed by atoms with van der Waals surface area (Å²) < 4.78 is 7.71. The van der Waals surface area contributed by atoms with Crippen molar-refractivity contribution in [1.29, 1.82) is 10.8 Å². The summed E-state index contributed by atoms with van der Waals surface area (Å²) in [4.78, 5) is 0. The average molecular weight is 299 g/mol. The molecule has 3 saturated carbocycles. The summed E-state index contributed by atoms with van der Waals surface area (Å²) in [5.74, 6) is 2.14. The molecule has 4 nitrogen and oxygen atoms in total. The second-order valence-electron chi connectivity index (χ2n) is 7.54. The van der Waals surface area contributed by atoms with Gasteiger partial charge in [-0.3, -0.25) is 15.4 Å². The van der Waals surface area contributed by atoms with E-state index in [1.165, 1.54) is 63.3 Å². The molecule has 2 N–H and O–H groups in total. The van der Waals surface area contributed by atoms with Crippen molar-refractivity contribution in [1.82, 2.24) is 4.57 Å². The second kappa shape index (κ2) is 5.25. The standard InChI is InChI=1S/C18H25N3O/c19-12-21-10-15(14-1-2-14)16(9-17(21)20)22-11-13-3-5-18(6-4-13)7-8-18/h9-10,12-14,19-20H,1-8,11H2. The molecular formula is C18H25N3O. The van der Waals surface area contributed by atoms with Gasteiger partial charge in [0, 0.05) is 17.8 Å². The van der Waals surface area contributed by atoms with E-state index in [4.69, 9.17) is 15.6 Å². The highest BCUT2D eigenvalue weighted by Crippen LogP contribution is 2.57. The summed E-state index contributed by atoms with van der Waals surface area (Å²) in [5.41, 5.74) is 2.26. The van der Waals surface area contributed by atoms with Gasteiger partial charge in [0.25, 0.3) is 0 Å². The summed E-state index contributed by atoms with van der Waals surface area (Å²) in [6.45, 7) is 0.795. The third kappa shape index (κ3) is 2.71. The van der Waals surface area contributed by atoms with Crippen LogP contribution in [0.2, 0.25) is 0 Å². The molecule has 22 heavy (non-hydrogen) atoms. The number of nitrogens with zero attached hydrogens (tertiary/aromatic N) is 1. The molecule has 3 aliphatic carbocycles. The summed E-state index contributed by atoms with van der Waals surface area (Å²) in [6.07, 6.45) is 13.8. The minimum Gasteiger partial charge on any atom is -0.493 e. The Morgan fingerprint density at radius 2 is 1.91 bits per heavy atom. The van der Waals surface area contributed by atoms with E-state index in [1.54, 1.807) is 10.6 Å². The Labute approximate surface area is 131 Å². The molecule has 1 heterocycles. The van der Waals surface area contributed by atoms with Crippen LogP contribution in [0, 0.1) is 22.2 Å². The zero-order valence-electron chi connectivity index (χ0n) is 13.1. The monoisotopic (exact) mass is 299 g/mol. The van der Waals surface area contributed by atoms with Gasteiger partial charge < -0.3 is 4.74 Å². The fraction of sp³-hybridized carbons (Fsp3) is 0.667. The molecular weight excluding hydrogens is 274 g/mol. The van der Waals surface area contributed by atoms with Crippen molar-refractivity contribution in [3.05, 3.63) is 23.3 Å².